The van der Waals surface area contributed by atoms with Crippen LogP contribution in [0.3, 0.4) is 0 Å². The molecule has 8 nitrogen and oxygen atoms in total. The number of hydrogen-bond acceptors (Lipinski definition) is 8. The summed E-state index contributed by atoms with van der Waals surface area (Å²) in [5, 5.41) is 3.29. The van der Waals surface area contributed by atoms with E-state index in [1.807, 2.05) is 24.3 Å². The van der Waals surface area contributed by atoms with E-state index in [9.17, 15) is 0 Å². The molecule has 0 radical (unpaired) electrons. The van der Waals surface area contributed by atoms with Crippen LogP contribution >= 0.6 is 0 Å². The lowest BCUT2D eigenvalue weighted by Crippen LogP contribution is -2.04. The van der Waals surface area contributed by atoms with Gasteiger partial charge in [0.15, 0.2) is 11.5 Å². The lowest BCUT2D eigenvalue weighted by Gasteiger charge is -2.14. The maximum absolute atomic E-state index is 5.39. The monoisotopic (exact) mass is 382 g/mol. The maximum Gasteiger partial charge on any atom is 0.212 e. The van der Waals surface area contributed by atoms with Crippen molar-refractivity contribution in [2.75, 3.05) is 33.8 Å². The summed E-state index contributed by atoms with van der Waals surface area (Å²) in [4.78, 5) is 12.8. The smallest absolute Gasteiger partial charge is 0.212 e. The van der Waals surface area contributed by atoms with Gasteiger partial charge < -0.3 is 24.3 Å². The molecule has 146 valence electrons. The van der Waals surface area contributed by atoms with Gasteiger partial charge >= 0.3 is 0 Å². The zero-order valence-corrected chi connectivity index (χ0v) is 16.2. The molecule has 0 bridgehead atoms. The van der Waals surface area contributed by atoms with Gasteiger partial charge in [-0.3, -0.25) is 0 Å². The zero-order chi connectivity index (χ0) is 19.9. The summed E-state index contributed by atoms with van der Waals surface area (Å²) in [6, 6.07) is 9.34. The Kier molecular flexibility index (Phi) is 6.11. The fourth-order valence-electron chi connectivity index (χ4n) is 2.69. The van der Waals surface area contributed by atoms with Crippen LogP contribution in [-0.2, 0) is 6.54 Å². The van der Waals surface area contributed by atoms with Crippen LogP contribution in [-0.4, -0.2) is 43.4 Å². The third kappa shape index (κ3) is 4.22. The molecule has 0 atom stereocenters. The van der Waals surface area contributed by atoms with Gasteiger partial charge in [-0.25, -0.2) is 15.0 Å². The first-order valence-electron chi connectivity index (χ1n) is 8.53. The number of nitrogens with zero attached hydrogens (tertiary/aromatic N) is 3. The highest BCUT2D eigenvalue weighted by atomic mass is 16.5. The number of rotatable bonds is 8. The number of pyridine rings is 1. The summed E-state index contributed by atoms with van der Waals surface area (Å²) in [7, 11) is 6.34. The molecule has 3 rings (SSSR count). The predicted octanol–water partition coefficient (Wildman–Crippen LogP) is 3.19. The van der Waals surface area contributed by atoms with E-state index in [2.05, 4.69) is 20.3 Å². The van der Waals surface area contributed by atoms with E-state index >= 15 is 0 Å². The maximum atomic E-state index is 5.39. The summed E-state index contributed by atoms with van der Waals surface area (Å²) in [5.74, 6) is 3.01. The standard InChI is InChI=1S/C20H22N4O4/c1-25-16-7-13(8-17(26-2)20(16)28-4)10-21-18-9-15(23-12-24-18)14-5-6-19(27-3)22-11-14/h5-9,11-12H,10H2,1-4H3,(H,21,23,24). The molecule has 2 heterocycles. The van der Waals surface area contributed by atoms with Gasteiger partial charge in [-0.15, -0.1) is 0 Å². The molecule has 1 aromatic carbocycles. The molecule has 0 saturated carbocycles. The minimum absolute atomic E-state index is 0.522. The van der Waals surface area contributed by atoms with E-state index < -0.39 is 0 Å². The predicted molar refractivity (Wildman–Crippen MR) is 105 cm³/mol. The molecule has 2 aromatic heterocycles. The highest BCUT2D eigenvalue weighted by Gasteiger charge is 2.13. The fourth-order valence-corrected chi connectivity index (χ4v) is 2.69. The van der Waals surface area contributed by atoms with Crippen molar-refractivity contribution in [3.05, 3.63) is 48.4 Å². The van der Waals surface area contributed by atoms with Crippen LogP contribution in [0.25, 0.3) is 11.3 Å². The highest BCUT2D eigenvalue weighted by Crippen LogP contribution is 2.38. The van der Waals surface area contributed by atoms with Gasteiger partial charge in [0.25, 0.3) is 0 Å². The van der Waals surface area contributed by atoms with Crippen molar-refractivity contribution < 1.29 is 18.9 Å². The van der Waals surface area contributed by atoms with Crippen LogP contribution < -0.4 is 24.3 Å². The van der Waals surface area contributed by atoms with Crippen LogP contribution in [0.2, 0.25) is 0 Å². The van der Waals surface area contributed by atoms with Gasteiger partial charge in [0, 0.05) is 30.4 Å². The molecule has 0 fully saturated rings. The molecule has 0 spiro atoms. The molecule has 1 N–H and O–H groups in total. The average molecular weight is 382 g/mol. The van der Waals surface area contributed by atoms with Crippen LogP contribution in [0.15, 0.2) is 42.9 Å². The Balaban J connectivity index is 1.78. The second-order valence-electron chi connectivity index (χ2n) is 5.76. The Hall–Kier alpha value is -3.55. The topological polar surface area (TPSA) is 87.6 Å². The Morgan fingerprint density at radius 2 is 1.57 bits per heavy atom. The van der Waals surface area contributed by atoms with Gasteiger partial charge in [-0.1, -0.05) is 0 Å². The van der Waals surface area contributed by atoms with Crippen molar-refractivity contribution in [3.8, 4) is 34.4 Å². The number of ether oxygens (including phenoxy) is 4. The van der Waals surface area contributed by atoms with E-state index in [1.165, 1.54) is 6.33 Å². The van der Waals surface area contributed by atoms with Gasteiger partial charge in [0.2, 0.25) is 11.6 Å². The molecule has 0 aliphatic rings. The highest BCUT2D eigenvalue weighted by molar-refractivity contribution is 5.61. The van der Waals surface area contributed by atoms with Crippen LogP contribution in [0.5, 0.6) is 23.1 Å². The summed E-state index contributed by atoms with van der Waals surface area (Å²) in [6.07, 6.45) is 3.22. The number of nitrogens with one attached hydrogen (secondary N) is 1. The van der Waals surface area contributed by atoms with Crippen LogP contribution in [0.1, 0.15) is 5.56 Å². The minimum atomic E-state index is 0.522. The Labute approximate surface area is 163 Å². The Bertz CT molecular complexity index is 907. The molecule has 8 heteroatoms. The Morgan fingerprint density at radius 1 is 0.821 bits per heavy atom. The van der Waals surface area contributed by atoms with Gasteiger partial charge in [0.1, 0.15) is 12.1 Å². The SMILES string of the molecule is COc1ccc(-c2cc(NCc3cc(OC)c(OC)c(OC)c3)ncn2)cn1. The molecule has 0 saturated heterocycles. The average Bonchev–Trinajstić information content (AvgIpc) is 2.77. The van der Waals surface area contributed by atoms with Crippen molar-refractivity contribution in [1.82, 2.24) is 15.0 Å². The molecular formula is C20H22N4O4. The van der Waals surface area contributed by atoms with Crippen molar-refractivity contribution in [2.45, 2.75) is 6.54 Å². The number of aromatic nitrogens is 3. The summed E-state index contributed by atoms with van der Waals surface area (Å²) >= 11 is 0. The molecule has 0 aliphatic heterocycles. The number of benzene rings is 1. The molecule has 0 unspecified atom stereocenters. The van der Waals surface area contributed by atoms with Crippen molar-refractivity contribution in [1.29, 1.82) is 0 Å². The first-order valence-corrected chi connectivity index (χ1v) is 8.53. The van der Waals surface area contributed by atoms with Gasteiger partial charge in [-0.05, 0) is 23.8 Å². The molecule has 3 aromatic rings. The third-order valence-electron chi connectivity index (χ3n) is 4.11. The quantitative estimate of drug-likeness (QED) is 0.636. The van der Waals surface area contributed by atoms with Crippen molar-refractivity contribution in [3.63, 3.8) is 0 Å². The van der Waals surface area contributed by atoms with E-state index in [1.54, 1.807) is 40.7 Å². The molecule has 0 aliphatic carbocycles. The van der Waals surface area contributed by atoms with E-state index in [-0.39, 0.29) is 0 Å². The second-order valence-corrected chi connectivity index (χ2v) is 5.76. The van der Waals surface area contributed by atoms with Gasteiger partial charge in [-0.2, -0.15) is 0 Å². The zero-order valence-electron chi connectivity index (χ0n) is 16.2. The van der Waals surface area contributed by atoms with Crippen LogP contribution in [0, 0.1) is 0 Å². The molecular weight excluding hydrogens is 360 g/mol. The first kappa shape index (κ1) is 19.2. The van der Waals surface area contributed by atoms with E-state index in [0.717, 1.165) is 16.8 Å². The largest absolute Gasteiger partial charge is 0.493 e. The third-order valence-corrected chi connectivity index (χ3v) is 4.11. The summed E-state index contributed by atoms with van der Waals surface area (Å²) < 4.78 is 21.2. The number of hydrogen-bond donors (Lipinski definition) is 1. The van der Waals surface area contributed by atoms with Crippen molar-refractivity contribution >= 4 is 5.82 Å². The lowest BCUT2D eigenvalue weighted by atomic mass is 10.1. The lowest BCUT2D eigenvalue weighted by molar-refractivity contribution is 0.324. The molecule has 0 amide bonds. The number of anilines is 1. The number of methoxy groups -OCH3 is 4. The minimum Gasteiger partial charge on any atom is -0.493 e. The van der Waals surface area contributed by atoms with E-state index in [0.29, 0.717) is 35.5 Å². The van der Waals surface area contributed by atoms with Gasteiger partial charge in [0.05, 0.1) is 34.1 Å². The van der Waals surface area contributed by atoms with E-state index in [4.69, 9.17) is 18.9 Å². The van der Waals surface area contributed by atoms with Crippen molar-refractivity contribution in [2.24, 2.45) is 0 Å². The van der Waals surface area contributed by atoms with Crippen LogP contribution in [0.4, 0.5) is 5.82 Å². The fraction of sp³-hybridized carbons (Fsp3) is 0.250. The summed E-state index contributed by atoms with van der Waals surface area (Å²) in [5.41, 5.74) is 2.59. The second kappa shape index (κ2) is 8.90. The first-order chi connectivity index (χ1) is 13.7. The Morgan fingerprint density at radius 3 is 2.14 bits per heavy atom. The normalized spacial score (nSPS) is 10.3. The molecule has 28 heavy (non-hydrogen) atoms. The summed E-state index contributed by atoms with van der Waals surface area (Å²) in [6.45, 7) is 0.522.